The Morgan fingerprint density at radius 2 is 1.95 bits per heavy atom. The molecule has 1 unspecified atom stereocenters. The molecule has 0 saturated carbocycles. The summed E-state index contributed by atoms with van der Waals surface area (Å²) < 4.78 is 50.2. The van der Waals surface area contributed by atoms with Gasteiger partial charge in [-0.05, 0) is 25.5 Å². The highest BCUT2D eigenvalue weighted by atomic mass is 32.2. The van der Waals surface area contributed by atoms with Crippen LogP contribution in [-0.2, 0) is 9.84 Å². The Labute approximate surface area is 116 Å². The van der Waals surface area contributed by atoms with Crippen LogP contribution in [0.5, 0.6) is 0 Å². The second-order valence-electron chi connectivity index (χ2n) is 4.74. The molecule has 1 fully saturated rings. The second kappa shape index (κ2) is 5.47. The van der Waals surface area contributed by atoms with E-state index in [1.165, 1.54) is 11.0 Å². The van der Waals surface area contributed by atoms with Crippen LogP contribution < -0.4 is 0 Å². The number of carbonyl (C=O) groups excluding carboxylic acids is 1. The summed E-state index contributed by atoms with van der Waals surface area (Å²) in [5.74, 6) is -2.82. The van der Waals surface area contributed by atoms with E-state index in [2.05, 4.69) is 0 Å². The van der Waals surface area contributed by atoms with Gasteiger partial charge in [-0.1, -0.05) is 6.07 Å². The fraction of sp³-hybridized carbons (Fsp3) is 0.462. The Bertz CT molecular complexity index is 610. The predicted molar refractivity (Wildman–Crippen MR) is 70.1 cm³/mol. The zero-order valence-corrected chi connectivity index (χ0v) is 11.8. The summed E-state index contributed by atoms with van der Waals surface area (Å²) in [5, 5.41) is 0. The molecule has 4 nitrogen and oxygen atoms in total. The molecule has 1 atom stereocenters. The zero-order chi connectivity index (χ0) is 14.9. The number of hydrogen-bond donors (Lipinski definition) is 0. The third-order valence-electron chi connectivity index (χ3n) is 3.43. The van der Waals surface area contributed by atoms with Gasteiger partial charge in [0.1, 0.15) is 17.2 Å². The van der Waals surface area contributed by atoms with E-state index in [4.69, 9.17) is 0 Å². The Balaban J connectivity index is 2.31. The minimum absolute atomic E-state index is 0.00119. The molecule has 1 heterocycles. The van der Waals surface area contributed by atoms with Crippen LogP contribution >= 0.6 is 0 Å². The molecular formula is C13H15F2NO3S. The van der Waals surface area contributed by atoms with Crippen LogP contribution in [0, 0.1) is 11.6 Å². The van der Waals surface area contributed by atoms with Crippen LogP contribution in [-0.4, -0.2) is 43.3 Å². The largest absolute Gasteiger partial charge is 0.335 e. The lowest BCUT2D eigenvalue weighted by molar-refractivity contribution is 0.0698. The molecule has 1 aliphatic heterocycles. The van der Waals surface area contributed by atoms with Gasteiger partial charge >= 0.3 is 0 Å². The minimum Gasteiger partial charge on any atom is -0.335 e. The first-order chi connectivity index (χ1) is 9.35. The Kier molecular flexibility index (Phi) is 4.08. The number of rotatable bonds is 3. The highest BCUT2D eigenvalue weighted by Gasteiger charge is 2.35. The molecule has 1 aliphatic rings. The number of hydrogen-bond acceptors (Lipinski definition) is 3. The lowest BCUT2D eigenvalue weighted by atomic mass is 10.1. The molecule has 0 N–H and O–H groups in total. The fourth-order valence-electron chi connectivity index (χ4n) is 2.43. The van der Waals surface area contributed by atoms with E-state index < -0.39 is 39.0 Å². The van der Waals surface area contributed by atoms with Crippen molar-refractivity contribution in [2.45, 2.75) is 19.4 Å². The molecule has 0 radical (unpaired) electrons. The van der Waals surface area contributed by atoms with E-state index in [-0.39, 0.29) is 18.1 Å². The number of benzene rings is 1. The van der Waals surface area contributed by atoms with Crippen LogP contribution in [0.4, 0.5) is 8.78 Å². The molecule has 1 aromatic carbocycles. The van der Waals surface area contributed by atoms with Gasteiger partial charge in [-0.3, -0.25) is 4.79 Å². The SMILES string of the molecule is CCN(C(=O)c1c(F)cccc1F)C1CCS(=O)(=O)C1. The molecule has 2 rings (SSSR count). The van der Waals surface area contributed by atoms with Crippen LogP contribution in [0.3, 0.4) is 0 Å². The van der Waals surface area contributed by atoms with Crippen LogP contribution in [0.15, 0.2) is 18.2 Å². The molecule has 110 valence electrons. The molecule has 0 aliphatic carbocycles. The van der Waals surface area contributed by atoms with Crippen molar-refractivity contribution in [2.75, 3.05) is 18.1 Å². The molecule has 7 heteroatoms. The van der Waals surface area contributed by atoms with Gasteiger partial charge in [0.05, 0.1) is 11.5 Å². The predicted octanol–water partition coefficient (Wildman–Crippen LogP) is 1.61. The summed E-state index contributed by atoms with van der Waals surface area (Å²) >= 11 is 0. The topological polar surface area (TPSA) is 54.5 Å². The smallest absolute Gasteiger partial charge is 0.260 e. The van der Waals surface area contributed by atoms with Crippen molar-refractivity contribution in [3.05, 3.63) is 35.4 Å². The summed E-state index contributed by atoms with van der Waals surface area (Å²) in [6.45, 7) is 1.86. The highest BCUT2D eigenvalue weighted by molar-refractivity contribution is 7.91. The average molecular weight is 303 g/mol. The van der Waals surface area contributed by atoms with Crippen molar-refractivity contribution >= 4 is 15.7 Å². The minimum atomic E-state index is -3.17. The Hall–Kier alpha value is -1.50. The van der Waals surface area contributed by atoms with Gasteiger partial charge in [0, 0.05) is 12.6 Å². The molecule has 20 heavy (non-hydrogen) atoms. The lowest BCUT2D eigenvalue weighted by Crippen LogP contribution is -2.41. The van der Waals surface area contributed by atoms with E-state index in [0.29, 0.717) is 6.42 Å². The fourth-order valence-corrected chi connectivity index (χ4v) is 4.17. The molecule has 1 saturated heterocycles. The van der Waals surface area contributed by atoms with Crippen LogP contribution in [0.1, 0.15) is 23.7 Å². The quantitative estimate of drug-likeness (QED) is 0.852. The van der Waals surface area contributed by atoms with Crippen molar-refractivity contribution in [2.24, 2.45) is 0 Å². The van der Waals surface area contributed by atoms with Gasteiger partial charge in [-0.15, -0.1) is 0 Å². The van der Waals surface area contributed by atoms with Crippen LogP contribution in [0.2, 0.25) is 0 Å². The van der Waals surface area contributed by atoms with Gasteiger partial charge in [0.15, 0.2) is 9.84 Å². The van der Waals surface area contributed by atoms with E-state index in [9.17, 15) is 22.0 Å². The van der Waals surface area contributed by atoms with E-state index in [0.717, 1.165) is 12.1 Å². The van der Waals surface area contributed by atoms with Gasteiger partial charge in [-0.25, -0.2) is 17.2 Å². The van der Waals surface area contributed by atoms with Gasteiger partial charge < -0.3 is 4.90 Å². The summed E-state index contributed by atoms with van der Waals surface area (Å²) in [7, 11) is -3.17. The summed E-state index contributed by atoms with van der Waals surface area (Å²) in [4.78, 5) is 13.5. The van der Waals surface area contributed by atoms with Crippen molar-refractivity contribution in [1.82, 2.24) is 4.90 Å². The average Bonchev–Trinajstić information content (AvgIpc) is 2.70. The third kappa shape index (κ3) is 2.82. The maximum absolute atomic E-state index is 13.6. The number of amides is 1. The Morgan fingerprint density at radius 3 is 2.40 bits per heavy atom. The van der Waals surface area contributed by atoms with E-state index >= 15 is 0 Å². The van der Waals surface area contributed by atoms with Crippen molar-refractivity contribution in [1.29, 1.82) is 0 Å². The number of halogens is 2. The number of nitrogens with zero attached hydrogens (tertiary/aromatic N) is 1. The van der Waals surface area contributed by atoms with Gasteiger partial charge in [0.25, 0.3) is 5.91 Å². The summed E-state index contributed by atoms with van der Waals surface area (Å²) in [6, 6.07) is 2.68. The summed E-state index contributed by atoms with van der Waals surface area (Å²) in [6.07, 6.45) is 0.304. The lowest BCUT2D eigenvalue weighted by Gasteiger charge is -2.27. The molecular weight excluding hydrogens is 288 g/mol. The second-order valence-corrected chi connectivity index (χ2v) is 6.97. The maximum Gasteiger partial charge on any atom is 0.260 e. The maximum atomic E-state index is 13.6. The van der Waals surface area contributed by atoms with Crippen molar-refractivity contribution in [3.63, 3.8) is 0 Å². The van der Waals surface area contributed by atoms with Crippen molar-refractivity contribution in [3.8, 4) is 0 Å². The monoisotopic (exact) mass is 303 g/mol. The first-order valence-electron chi connectivity index (χ1n) is 6.31. The molecule has 0 aromatic heterocycles. The number of sulfone groups is 1. The van der Waals surface area contributed by atoms with Gasteiger partial charge in [-0.2, -0.15) is 0 Å². The zero-order valence-electron chi connectivity index (χ0n) is 11.0. The number of carbonyl (C=O) groups is 1. The molecule has 1 amide bonds. The van der Waals surface area contributed by atoms with Gasteiger partial charge in [0.2, 0.25) is 0 Å². The van der Waals surface area contributed by atoms with E-state index in [1.54, 1.807) is 6.92 Å². The summed E-state index contributed by atoms with van der Waals surface area (Å²) in [5.41, 5.74) is -0.626. The Morgan fingerprint density at radius 1 is 1.35 bits per heavy atom. The third-order valence-corrected chi connectivity index (χ3v) is 5.18. The molecule has 0 spiro atoms. The van der Waals surface area contributed by atoms with Crippen molar-refractivity contribution < 1.29 is 22.0 Å². The molecule has 0 bridgehead atoms. The van der Waals surface area contributed by atoms with E-state index in [1.807, 2.05) is 0 Å². The normalized spacial score (nSPS) is 20.9. The standard InChI is InChI=1S/C13H15F2NO3S/c1-2-16(9-6-7-20(18,19)8-9)13(17)12-10(14)4-3-5-11(12)15/h3-5,9H,2,6-8H2,1H3. The highest BCUT2D eigenvalue weighted by Crippen LogP contribution is 2.22. The first kappa shape index (κ1) is 14.9. The first-order valence-corrected chi connectivity index (χ1v) is 8.13. The van der Waals surface area contributed by atoms with Crippen LogP contribution in [0.25, 0.3) is 0 Å². The molecule has 1 aromatic rings.